The van der Waals surface area contributed by atoms with E-state index in [0.29, 0.717) is 11.6 Å². The van der Waals surface area contributed by atoms with Gasteiger partial charge in [-0.1, -0.05) is 25.4 Å². The van der Waals surface area contributed by atoms with Gasteiger partial charge in [0.15, 0.2) is 6.61 Å². The first-order chi connectivity index (χ1) is 9.47. The zero-order valence-corrected chi connectivity index (χ0v) is 11.8. The fourth-order valence-corrected chi connectivity index (χ4v) is 1.75. The van der Waals surface area contributed by atoms with Gasteiger partial charge in [0.05, 0.1) is 16.1 Å². The SMILES string of the molecule is CC(C)c1cnc(COc2ccc([N+](=O)[O-])cc2Cl)o1. The number of aromatic nitrogens is 1. The number of hydrogen-bond acceptors (Lipinski definition) is 5. The van der Waals surface area contributed by atoms with Crippen molar-refractivity contribution in [1.82, 2.24) is 4.98 Å². The number of oxazole rings is 1. The molecule has 0 unspecified atom stereocenters. The second kappa shape index (κ2) is 5.92. The number of rotatable bonds is 5. The molecule has 20 heavy (non-hydrogen) atoms. The second-order valence-electron chi connectivity index (χ2n) is 4.47. The van der Waals surface area contributed by atoms with E-state index in [0.717, 1.165) is 5.76 Å². The van der Waals surface area contributed by atoms with E-state index in [1.54, 1.807) is 6.20 Å². The van der Waals surface area contributed by atoms with Gasteiger partial charge in [-0.2, -0.15) is 0 Å². The Kier molecular flexibility index (Phi) is 4.24. The van der Waals surface area contributed by atoms with E-state index in [1.807, 2.05) is 13.8 Å². The number of benzene rings is 1. The minimum Gasteiger partial charge on any atom is -0.482 e. The van der Waals surface area contributed by atoms with Crippen LogP contribution in [0.4, 0.5) is 5.69 Å². The van der Waals surface area contributed by atoms with Crippen LogP contribution in [0.5, 0.6) is 5.75 Å². The number of halogens is 1. The Morgan fingerprint density at radius 2 is 2.25 bits per heavy atom. The summed E-state index contributed by atoms with van der Waals surface area (Å²) in [5, 5.41) is 10.8. The Bertz CT molecular complexity index is 625. The lowest BCUT2D eigenvalue weighted by molar-refractivity contribution is -0.384. The predicted octanol–water partition coefficient (Wildman–Crippen LogP) is 3.94. The largest absolute Gasteiger partial charge is 0.482 e. The molecule has 1 heterocycles. The van der Waals surface area contributed by atoms with Crippen molar-refractivity contribution >= 4 is 17.3 Å². The highest BCUT2D eigenvalue weighted by atomic mass is 35.5. The molecule has 0 saturated heterocycles. The average molecular weight is 297 g/mol. The van der Waals surface area contributed by atoms with Crippen LogP contribution < -0.4 is 4.74 Å². The molecule has 0 fully saturated rings. The van der Waals surface area contributed by atoms with Crippen LogP contribution in [0.3, 0.4) is 0 Å². The van der Waals surface area contributed by atoms with Crippen molar-refractivity contribution in [3.8, 4) is 5.75 Å². The highest BCUT2D eigenvalue weighted by molar-refractivity contribution is 6.32. The van der Waals surface area contributed by atoms with Crippen LogP contribution in [0, 0.1) is 10.1 Å². The highest BCUT2D eigenvalue weighted by Crippen LogP contribution is 2.29. The summed E-state index contributed by atoms with van der Waals surface area (Å²) in [4.78, 5) is 14.2. The van der Waals surface area contributed by atoms with E-state index in [4.69, 9.17) is 20.8 Å². The smallest absolute Gasteiger partial charge is 0.271 e. The molecule has 6 nitrogen and oxygen atoms in total. The number of non-ortho nitro benzene ring substituents is 1. The van der Waals surface area contributed by atoms with Gasteiger partial charge in [-0.15, -0.1) is 0 Å². The third kappa shape index (κ3) is 3.27. The molecule has 2 aromatic rings. The molecule has 0 N–H and O–H groups in total. The second-order valence-corrected chi connectivity index (χ2v) is 4.88. The predicted molar refractivity (Wildman–Crippen MR) is 73.0 cm³/mol. The van der Waals surface area contributed by atoms with Gasteiger partial charge in [0.25, 0.3) is 5.69 Å². The molecule has 0 aliphatic rings. The summed E-state index contributed by atoms with van der Waals surface area (Å²) in [5.41, 5.74) is -0.0828. The van der Waals surface area contributed by atoms with Gasteiger partial charge >= 0.3 is 0 Å². The van der Waals surface area contributed by atoms with Gasteiger partial charge in [0.1, 0.15) is 11.5 Å². The van der Waals surface area contributed by atoms with Gasteiger partial charge in [-0.3, -0.25) is 10.1 Å². The molecular formula is C13H13ClN2O4. The number of nitro groups is 1. The Hall–Kier alpha value is -2.08. The van der Waals surface area contributed by atoms with E-state index in [9.17, 15) is 10.1 Å². The van der Waals surface area contributed by atoms with Crippen molar-refractivity contribution < 1.29 is 14.1 Å². The van der Waals surface area contributed by atoms with Crippen LogP contribution in [0.25, 0.3) is 0 Å². The lowest BCUT2D eigenvalue weighted by Gasteiger charge is -2.05. The molecule has 0 radical (unpaired) electrons. The van der Waals surface area contributed by atoms with Crippen LogP contribution in [-0.4, -0.2) is 9.91 Å². The third-order valence-corrected chi connectivity index (χ3v) is 2.91. The summed E-state index contributed by atoms with van der Waals surface area (Å²) >= 11 is 5.91. The Morgan fingerprint density at radius 1 is 1.50 bits per heavy atom. The maximum absolute atomic E-state index is 10.6. The van der Waals surface area contributed by atoms with Crippen molar-refractivity contribution in [3.63, 3.8) is 0 Å². The first-order valence-electron chi connectivity index (χ1n) is 5.98. The standard InChI is InChI=1S/C13H13ClN2O4/c1-8(2)12-6-15-13(20-12)7-19-11-4-3-9(16(17)18)5-10(11)14/h3-6,8H,7H2,1-2H3. The van der Waals surface area contributed by atoms with E-state index in [-0.39, 0.29) is 23.2 Å². The zero-order valence-electron chi connectivity index (χ0n) is 11.0. The number of nitro benzene ring substituents is 1. The molecule has 0 bridgehead atoms. The van der Waals surface area contributed by atoms with Crippen LogP contribution in [-0.2, 0) is 6.61 Å². The maximum atomic E-state index is 10.6. The van der Waals surface area contributed by atoms with E-state index in [1.165, 1.54) is 18.2 Å². The molecular weight excluding hydrogens is 284 g/mol. The van der Waals surface area contributed by atoms with Crippen LogP contribution in [0.2, 0.25) is 5.02 Å². The molecule has 7 heteroatoms. The molecule has 0 aliphatic carbocycles. The quantitative estimate of drug-likeness (QED) is 0.617. The molecule has 1 aromatic heterocycles. The first-order valence-corrected chi connectivity index (χ1v) is 6.36. The van der Waals surface area contributed by atoms with E-state index >= 15 is 0 Å². The summed E-state index contributed by atoms with van der Waals surface area (Å²) in [6, 6.07) is 4.02. The van der Waals surface area contributed by atoms with Gasteiger partial charge in [-0.05, 0) is 6.07 Å². The van der Waals surface area contributed by atoms with Crippen molar-refractivity contribution in [3.05, 3.63) is 51.2 Å². The first kappa shape index (κ1) is 14.3. The third-order valence-electron chi connectivity index (χ3n) is 2.62. The molecule has 2 rings (SSSR count). The zero-order chi connectivity index (χ0) is 14.7. The number of ether oxygens (including phenoxy) is 1. The molecule has 1 aromatic carbocycles. The molecule has 0 amide bonds. The number of hydrogen-bond donors (Lipinski definition) is 0. The Labute approximate surface area is 120 Å². The van der Waals surface area contributed by atoms with E-state index in [2.05, 4.69) is 4.98 Å². The lowest BCUT2D eigenvalue weighted by atomic mass is 10.2. The molecule has 0 atom stereocenters. The fraction of sp³-hybridized carbons (Fsp3) is 0.308. The van der Waals surface area contributed by atoms with Gasteiger partial charge < -0.3 is 9.15 Å². The van der Waals surface area contributed by atoms with E-state index < -0.39 is 4.92 Å². The van der Waals surface area contributed by atoms with Gasteiger partial charge in [0, 0.05) is 18.1 Å². The normalized spacial score (nSPS) is 10.8. The minimum atomic E-state index is -0.515. The maximum Gasteiger partial charge on any atom is 0.271 e. The summed E-state index contributed by atoms with van der Waals surface area (Å²) in [5.74, 6) is 1.81. The van der Waals surface area contributed by atoms with Crippen molar-refractivity contribution in [2.24, 2.45) is 0 Å². The van der Waals surface area contributed by atoms with Gasteiger partial charge in [-0.25, -0.2) is 4.98 Å². The van der Waals surface area contributed by atoms with Crippen molar-refractivity contribution in [2.45, 2.75) is 26.4 Å². The monoisotopic (exact) mass is 296 g/mol. The van der Waals surface area contributed by atoms with Crippen LogP contribution >= 0.6 is 11.6 Å². The summed E-state index contributed by atoms with van der Waals surface area (Å²) in [6.45, 7) is 4.11. The fourth-order valence-electron chi connectivity index (χ4n) is 1.52. The minimum absolute atomic E-state index is 0.0828. The summed E-state index contributed by atoms with van der Waals surface area (Å²) in [7, 11) is 0. The van der Waals surface area contributed by atoms with Crippen LogP contribution in [0.15, 0.2) is 28.8 Å². The molecule has 0 spiro atoms. The van der Waals surface area contributed by atoms with Crippen LogP contribution in [0.1, 0.15) is 31.4 Å². The molecule has 106 valence electrons. The lowest BCUT2D eigenvalue weighted by Crippen LogP contribution is -1.97. The van der Waals surface area contributed by atoms with Crippen molar-refractivity contribution in [2.75, 3.05) is 0 Å². The number of nitrogens with zero attached hydrogens (tertiary/aromatic N) is 2. The highest BCUT2D eigenvalue weighted by Gasteiger charge is 2.12. The molecule has 0 saturated carbocycles. The van der Waals surface area contributed by atoms with Gasteiger partial charge in [0.2, 0.25) is 5.89 Å². The molecule has 0 aliphatic heterocycles. The average Bonchev–Trinajstić information content (AvgIpc) is 2.86. The van der Waals surface area contributed by atoms with Crippen molar-refractivity contribution in [1.29, 1.82) is 0 Å². The topological polar surface area (TPSA) is 78.4 Å². The Balaban J connectivity index is 2.05. The Morgan fingerprint density at radius 3 is 2.80 bits per heavy atom. The summed E-state index contributed by atoms with van der Waals surface area (Å²) < 4.78 is 10.9. The summed E-state index contributed by atoms with van der Waals surface area (Å²) in [6.07, 6.45) is 1.65.